The molecule has 1 aromatic carbocycles. The van der Waals surface area contributed by atoms with Crippen molar-refractivity contribution in [1.82, 2.24) is 0 Å². The summed E-state index contributed by atoms with van der Waals surface area (Å²) in [5.41, 5.74) is 2.25. The highest BCUT2D eigenvalue weighted by Crippen LogP contribution is 2.08. The Morgan fingerprint density at radius 1 is 1.50 bits per heavy atom. The van der Waals surface area contributed by atoms with E-state index in [0.29, 0.717) is 5.56 Å². The van der Waals surface area contributed by atoms with Crippen molar-refractivity contribution < 1.29 is 9.53 Å². The molecule has 3 heteroatoms. The van der Waals surface area contributed by atoms with E-state index in [9.17, 15) is 4.79 Å². The van der Waals surface area contributed by atoms with Crippen LogP contribution >= 0.6 is 0 Å². The number of rotatable bonds is 1. The zero-order valence-electron chi connectivity index (χ0n) is 9.20. The number of nitriles is 1. The van der Waals surface area contributed by atoms with E-state index in [1.165, 1.54) is 7.11 Å². The molecule has 0 aliphatic carbocycles. The minimum absolute atomic E-state index is 0.0618. The number of nitrogens with zero attached hydrogens (tertiary/aromatic N) is 1. The Morgan fingerprint density at radius 3 is 2.88 bits per heavy atom. The molecule has 0 saturated heterocycles. The summed E-state index contributed by atoms with van der Waals surface area (Å²) in [4.78, 5) is 10.8. The Labute approximate surface area is 94.7 Å². The van der Waals surface area contributed by atoms with Gasteiger partial charge in [0.1, 0.15) is 6.42 Å². The van der Waals surface area contributed by atoms with Gasteiger partial charge in [-0.25, -0.2) is 0 Å². The van der Waals surface area contributed by atoms with Crippen LogP contribution in [0.15, 0.2) is 18.2 Å². The van der Waals surface area contributed by atoms with Gasteiger partial charge in [0.05, 0.1) is 18.7 Å². The molecule has 0 N–H and O–H groups in total. The number of esters is 1. The summed E-state index contributed by atoms with van der Waals surface area (Å²) in [6.45, 7) is 1.87. The van der Waals surface area contributed by atoms with E-state index >= 15 is 0 Å². The van der Waals surface area contributed by atoms with Crippen molar-refractivity contribution in [2.75, 3.05) is 7.11 Å². The van der Waals surface area contributed by atoms with Gasteiger partial charge in [-0.1, -0.05) is 17.9 Å². The second-order valence-electron chi connectivity index (χ2n) is 3.20. The van der Waals surface area contributed by atoms with Crippen molar-refractivity contribution in [3.05, 3.63) is 34.9 Å². The second kappa shape index (κ2) is 5.58. The Bertz CT molecular complexity index is 501. The van der Waals surface area contributed by atoms with Crippen molar-refractivity contribution in [2.45, 2.75) is 13.3 Å². The van der Waals surface area contributed by atoms with Gasteiger partial charge >= 0.3 is 5.97 Å². The van der Waals surface area contributed by atoms with Crippen molar-refractivity contribution >= 4 is 5.97 Å². The lowest BCUT2D eigenvalue weighted by Crippen LogP contribution is -1.97. The molecule has 0 spiro atoms. The topological polar surface area (TPSA) is 50.1 Å². The van der Waals surface area contributed by atoms with Crippen LogP contribution in [-0.4, -0.2) is 13.1 Å². The molecule has 0 aliphatic rings. The Balaban J connectivity index is 2.83. The van der Waals surface area contributed by atoms with Gasteiger partial charge in [0, 0.05) is 5.56 Å². The van der Waals surface area contributed by atoms with Gasteiger partial charge < -0.3 is 4.74 Å². The summed E-state index contributed by atoms with van der Waals surface area (Å²) in [7, 11) is 1.32. The summed E-state index contributed by atoms with van der Waals surface area (Å²) >= 11 is 0. The molecule has 80 valence electrons. The van der Waals surface area contributed by atoms with Gasteiger partial charge in [-0.15, -0.1) is 0 Å². The SMILES string of the molecule is COC(=O)CC#Cc1ccc(C)c(C#N)c1. The molecule has 16 heavy (non-hydrogen) atoms. The smallest absolute Gasteiger partial charge is 0.317 e. The standard InChI is InChI=1S/C13H11NO2/c1-10-6-7-11(8-12(10)9-14)4-3-5-13(15)16-2/h6-8H,5H2,1-2H3. The summed E-state index contributed by atoms with van der Waals surface area (Å²) in [6.07, 6.45) is 0.0618. The zero-order chi connectivity index (χ0) is 12.0. The molecule has 0 atom stereocenters. The molecule has 0 aliphatic heterocycles. The van der Waals surface area contributed by atoms with Gasteiger partial charge in [-0.05, 0) is 24.6 Å². The monoisotopic (exact) mass is 213 g/mol. The lowest BCUT2D eigenvalue weighted by molar-refractivity contribution is -0.139. The Hall–Kier alpha value is -2.26. The number of methoxy groups -OCH3 is 1. The van der Waals surface area contributed by atoms with E-state index in [2.05, 4.69) is 22.6 Å². The van der Waals surface area contributed by atoms with E-state index in [1.54, 1.807) is 6.07 Å². The maximum atomic E-state index is 10.8. The van der Waals surface area contributed by atoms with E-state index in [4.69, 9.17) is 5.26 Å². The first-order chi connectivity index (χ1) is 7.67. The Morgan fingerprint density at radius 2 is 2.25 bits per heavy atom. The summed E-state index contributed by atoms with van der Waals surface area (Å²) in [5.74, 6) is 5.14. The van der Waals surface area contributed by atoms with E-state index in [-0.39, 0.29) is 12.4 Å². The highest BCUT2D eigenvalue weighted by atomic mass is 16.5. The summed E-state index contributed by atoms with van der Waals surface area (Å²) < 4.78 is 4.46. The predicted molar refractivity (Wildman–Crippen MR) is 59.4 cm³/mol. The number of hydrogen-bond acceptors (Lipinski definition) is 3. The molecule has 0 bridgehead atoms. The van der Waals surface area contributed by atoms with Gasteiger partial charge in [0.25, 0.3) is 0 Å². The number of carbonyl (C=O) groups is 1. The van der Waals surface area contributed by atoms with Crippen LogP contribution in [0.25, 0.3) is 0 Å². The van der Waals surface area contributed by atoms with Crippen molar-refractivity contribution in [1.29, 1.82) is 5.26 Å². The predicted octanol–water partition coefficient (Wildman–Crippen LogP) is 1.78. The molecule has 0 fully saturated rings. The molecule has 1 aromatic rings. The average molecular weight is 213 g/mol. The van der Waals surface area contributed by atoms with E-state index in [0.717, 1.165) is 11.1 Å². The van der Waals surface area contributed by atoms with Crippen molar-refractivity contribution in [3.63, 3.8) is 0 Å². The third-order valence-electron chi connectivity index (χ3n) is 2.05. The fourth-order valence-electron chi connectivity index (χ4n) is 1.11. The van der Waals surface area contributed by atoms with Crippen LogP contribution in [0.2, 0.25) is 0 Å². The van der Waals surface area contributed by atoms with Gasteiger partial charge in [-0.2, -0.15) is 5.26 Å². The minimum Gasteiger partial charge on any atom is -0.468 e. The van der Waals surface area contributed by atoms with E-state index < -0.39 is 0 Å². The maximum absolute atomic E-state index is 10.8. The molecule has 0 radical (unpaired) electrons. The quantitative estimate of drug-likeness (QED) is 0.527. The normalized spacial score (nSPS) is 8.56. The Kier molecular flexibility index (Phi) is 4.12. The maximum Gasteiger partial charge on any atom is 0.317 e. The van der Waals surface area contributed by atoms with Crippen LogP contribution in [0.3, 0.4) is 0 Å². The first-order valence-corrected chi connectivity index (χ1v) is 4.74. The van der Waals surface area contributed by atoms with Crippen LogP contribution in [0.4, 0.5) is 0 Å². The fourth-order valence-corrected chi connectivity index (χ4v) is 1.11. The number of ether oxygens (including phenoxy) is 1. The third kappa shape index (κ3) is 3.15. The van der Waals surface area contributed by atoms with Crippen LogP contribution in [0.1, 0.15) is 23.1 Å². The lowest BCUT2D eigenvalue weighted by Gasteiger charge is -1.96. The van der Waals surface area contributed by atoms with Gasteiger partial charge in [-0.3, -0.25) is 4.79 Å². The zero-order valence-corrected chi connectivity index (χ0v) is 9.20. The molecule has 1 rings (SSSR count). The minimum atomic E-state index is -0.361. The number of aryl methyl sites for hydroxylation is 1. The molecule has 3 nitrogen and oxygen atoms in total. The first-order valence-electron chi connectivity index (χ1n) is 4.74. The number of carbonyl (C=O) groups excluding carboxylic acids is 1. The van der Waals surface area contributed by atoms with Gasteiger partial charge in [0.2, 0.25) is 0 Å². The van der Waals surface area contributed by atoms with Crippen molar-refractivity contribution in [2.24, 2.45) is 0 Å². The molecule has 0 heterocycles. The summed E-state index contributed by atoms with van der Waals surface area (Å²) in [5, 5.41) is 8.82. The van der Waals surface area contributed by atoms with Crippen LogP contribution < -0.4 is 0 Å². The average Bonchev–Trinajstić information content (AvgIpc) is 2.31. The molecule has 0 saturated carbocycles. The van der Waals surface area contributed by atoms with Crippen molar-refractivity contribution in [3.8, 4) is 17.9 Å². The second-order valence-corrected chi connectivity index (χ2v) is 3.20. The highest BCUT2D eigenvalue weighted by Gasteiger charge is 1.97. The van der Waals surface area contributed by atoms with Crippen LogP contribution in [0, 0.1) is 30.1 Å². The number of benzene rings is 1. The highest BCUT2D eigenvalue weighted by molar-refractivity contribution is 5.72. The third-order valence-corrected chi connectivity index (χ3v) is 2.05. The van der Waals surface area contributed by atoms with Crippen LogP contribution in [-0.2, 0) is 9.53 Å². The molecule has 0 aromatic heterocycles. The van der Waals surface area contributed by atoms with Gasteiger partial charge in [0.15, 0.2) is 0 Å². The van der Waals surface area contributed by atoms with E-state index in [1.807, 2.05) is 19.1 Å². The molecular formula is C13H11NO2. The summed E-state index contributed by atoms with van der Waals surface area (Å²) in [6, 6.07) is 7.45. The molecule has 0 unspecified atom stereocenters. The largest absolute Gasteiger partial charge is 0.468 e. The number of hydrogen-bond donors (Lipinski definition) is 0. The molecular weight excluding hydrogens is 202 g/mol. The van der Waals surface area contributed by atoms with Crippen LogP contribution in [0.5, 0.6) is 0 Å². The first kappa shape index (κ1) is 11.8. The lowest BCUT2D eigenvalue weighted by atomic mass is 10.1. The molecule has 0 amide bonds. The fraction of sp³-hybridized carbons (Fsp3) is 0.231.